The second kappa shape index (κ2) is 2.37. The van der Waals surface area contributed by atoms with Crippen LogP contribution in [0.25, 0.3) is 10.9 Å². The molecule has 1 heterocycles. The molecule has 0 radical (unpaired) electrons. The fourth-order valence-corrected chi connectivity index (χ4v) is 1.15. The van der Waals surface area contributed by atoms with Gasteiger partial charge in [0.2, 0.25) is 0 Å². The zero-order valence-corrected chi connectivity index (χ0v) is 6.36. The molecule has 2 aromatic rings. The van der Waals surface area contributed by atoms with Gasteiger partial charge in [-0.3, -0.25) is 4.98 Å². The summed E-state index contributed by atoms with van der Waals surface area (Å²) in [5.74, 6) is 0.215. The number of anilines is 1. The van der Waals surface area contributed by atoms with Gasteiger partial charge in [0.25, 0.3) is 0 Å². The minimum atomic E-state index is 0.215. The average molecular weight is 160 g/mol. The van der Waals surface area contributed by atoms with Crippen molar-refractivity contribution in [2.24, 2.45) is 0 Å². The first-order valence-electron chi connectivity index (χ1n) is 3.60. The van der Waals surface area contributed by atoms with Gasteiger partial charge in [0, 0.05) is 17.3 Å². The minimum Gasteiger partial charge on any atom is -0.507 e. The van der Waals surface area contributed by atoms with Gasteiger partial charge in [0.1, 0.15) is 5.75 Å². The number of rotatable bonds is 0. The number of benzene rings is 1. The highest BCUT2D eigenvalue weighted by molar-refractivity contribution is 5.87. The normalized spacial score (nSPS) is 10.3. The molecule has 1 aromatic heterocycles. The molecule has 60 valence electrons. The predicted molar refractivity (Wildman–Crippen MR) is 47.8 cm³/mol. The topological polar surface area (TPSA) is 59.1 Å². The first kappa shape index (κ1) is 6.91. The maximum absolute atomic E-state index is 9.40. The highest BCUT2D eigenvalue weighted by atomic mass is 16.3. The Balaban J connectivity index is 2.88. The van der Waals surface area contributed by atoms with Gasteiger partial charge in [-0.1, -0.05) is 0 Å². The van der Waals surface area contributed by atoms with E-state index in [1.165, 1.54) is 0 Å². The monoisotopic (exact) mass is 160 g/mol. The Morgan fingerprint density at radius 1 is 1.25 bits per heavy atom. The van der Waals surface area contributed by atoms with Crippen molar-refractivity contribution in [2.75, 3.05) is 5.73 Å². The van der Waals surface area contributed by atoms with Crippen molar-refractivity contribution in [3.63, 3.8) is 0 Å². The molecular formula is C9H8N2O. The van der Waals surface area contributed by atoms with Gasteiger partial charge >= 0.3 is 0 Å². The Hall–Kier alpha value is -1.77. The second-order valence-corrected chi connectivity index (χ2v) is 2.61. The number of pyridine rings is 1. The Morgan fingerprint density at radius 3 is 2.92 bits per heavy atom. The predicted octanol–water partition coefficient (Wildman–Crippen LogP) is 1.52. The lowest BCUT2D eigenvalue weighted by Crippen LogP contribution is -1.85. The first-order chi connectivity index (χ1) is 5.77. The molecule has 0 aliphatic carbocycles. The maximum atomic E-state index is 9.40. The van der Waals surface area contributed by atoms with Crippen molar-refractivity contribution in [1.29, 1.82) is 0 Å². The van der Waals surface area contributed by atoms with Crippen LogP contribution in [-0.2, 0) is 0 Å². The summed E-state index contributed by atoms with van der Waals surface area (Å²) in [6, 6.07) is 6.79. The fraction of sp³-hybridized carbons (Fsp3) is 0. The Morgan fingerprint density at radius 2 is 2.08 bits per heavy atom. The van der Waals surface area contributed by atoms with Gasteiger partial charge in [0.05, 0.1) is 5.52 Å². The Labute approximate surface area is 69.5 Å². The van der Waals surface area contributed by atoms with Gasteiger partial charge in [-0.15, -0.1) is 0 Å². The molecule has 2 rings (SSSR count). The van der Waals surface area contributed by atoms with Crippen molar-refractivity contribution in [3.8, 4) is 5.75 Å². The molecule has 3 heteroatoms. The second-order valence-electron chi connectivity index (χ2n) is 2.61. The number of nitrogen functional groups attached to an aromatic ring is 1. The summed E-state index contributed by atoms with van der Waals surface area (Å²) in [6.45, 7) is 0. The summed E-state index contributed by atoms with van der Waals surface area (Å²) in [4.78, 5) is 4.07. The summed E-state index contributed by atoms with van der Waals surface area (Å²) in [6.07, 6.45) is 1.56. The summed E-state index contributed by atoms with van der Waals surface area (Å²) in [7, 11) is 0. The molecule has 0 bridgehead atoms. The molecule has 0 saturated heterocycles. The zero-order valence-electron chi connectivity index (χ0n) is 6.36. The van der Waals surface area contributed by atoms with Crippen LogP contribution in [0.3, 0.4) is 0 Å². The van der Waals surface area contributed by atoms with Crippen LogP contribution >= 0.6 is 0 Å². The van der Waals surface area contributed by atoms with Crippen molar-refractivity contribution in [3.05, 3.63) is 30.5 Å². The van der Waals surface area contributed by atoms with Crippen LogP contribution in [0.15, 0.2) is 30.5 Å². The molecular weight excluding hydrogens is 152 g/mol. The zero-order chi connectivity index (χ0) is 8.55. The molecule has 0 spiro atoms. The van der Waals surface area contributed by atoms with E-state index in [2.05, 4.69) is 4.98 Å². The van der Waals surface area contributed by atoms with E-state index in [0.717, 1.165) is 5.52 Å². The standard InChI is InChI=1S/C9H8N2O/c10-6-1-2-8-7(5-6)9(12)3-4-11-8/h1-5H,10H2,(H,11,12). The molecule has 0 unspecified atom stereocenters. The van der Waals surface area contributed by atoms with Crippen LogP contribution in [0.4, 0.5) is 5.69 Å². The maximum Gasteiger partial charge on any atom is 0.126 e. The number of nitrogens with zero attached hydrogens (tertiary/aromatic N) is 1. The van der Waals surface area contributed by atoms with Gasteiger partial charge in [0.15, 0.2) is 0 Å². The van der Waals surface area contributed by atoms with E-state index >= 15 is 0 Å². The first-order valence-corrected chi connectivity index (χ1v) is 3.60. The number of aromatic hydroxyl groups is 1. The van der Waals surface area contributed by atoms with Crippen LogP contribution in [-0.4, -0.2) is 10.1 Å². The van der Waals surface area contributed by atoms with Crippen LogP contribution < -0.4 is 5.73 Å². The van der Waals surface area contributed by atoms with E-state index in [9.17, 15) is 5.11 Å². The highest BCUT2D eigenvalue weighted by Crippen LogP contribution is 2.23. The lowest BCUT2D eigenvalue weighted by Gasteiger charge is -1.99. The third-order valence-electron chi connectivity index (χ3n) is 1.74. The minimum absolute atomic E-state index is 0.215. The summed E-state index contributed by atoms with van der Waals surface area (Å²) >= 11 is 0. The van der Waals surface area contributed by atoms with Crippen LogP contribution in [0, 0.1) is 0 Å². The number of fused-ring (bicyclic) bond motifs is 1. The van der Waals surface area contributed by atoms with Crippen LogP contribution in [0.1, 0.15) is 0 Å². The van der Waals surface area contributed by atoms with Crippen LogP contribution in [0.5, 0.6) is 5.75 Å². The third-order valence-corrected chi connectivity index (χ3v) is 1.74. The van der Waals surface area contributed by atoms with Crippen molar-refractivity contribution in [1.82, 2.24) is 4.98 Å². The average Bonchev–Trinajstić information content (AvgIpc) is 2.07. The summed E-state index contributed by atoms with van der Waals surface area (Å²) in [5, 5.41) is 10.1. The van der Waals surface area contributed by atoms with E-state index in [1.54, 1.807) is 30.5 Å². The smallest absolute Gasteiger partial charge is 0.126 e. The molecule has 0 fully saturated rings. The number of aromatic nitrogens is 1. The molecule has 0 aliphatic rings. The molecule has 0 atom stereocenters. The molecule has 3 nitrogen and oxygen atoms in total. The molecule has 3 N–H and O–H groups in total. The molecule has 0 amide bonds. The Kier molecular flexibility index (Phi) is 1.37. The molecule has 1 aromatic carbocycles. The van der Waals surface area contributed by atoms with Gasteiger partial charge in [-0.25, -0.2) is 0 Å². The number of nitrogens with two attached hydrogens (primary N) is 1. The molecule has 0 saturated carbocycles. The van der Waals surface area contributed by atoms with E-state index < -0.39 is 0 Å². The van der Waals surface area contributed by atoms with Crippen molar-refractivity contribution in [2.45, 2.75) is 0 Å². The number of hydrogen-bond donors (Lipinski definition) is 2. The van der Waals surface area contributed by atoms with E-state index in [0.29, 0.717) is 11.1 Å². The SMILES string of the molecule is Nc1ccc2nccc(O)c2c1. The van der Waals surface area contributed by atoms with Crippen molar-refractivity contribution < 1.29 is 5.11 Å². The van der Waals surface area contributed by atoms with Crippen LogP contribution in [0.2, 0.25) is 0 Å². The third kappa shape index (κ3) is 0.955. The van der Waals surface area contributed by atoms with Gasteiger partial charge < -0.3 is 10.8 Å². The van der Waals surface area contributed by atoms with Gasteiger partial charge in [-0.2, -0.15) is 0 Å². The fourth-order valence-electron chi connectivity index (χ4n) is 1.15. The molecule has 12 heavy (non-hydrogen) atoms. The summed E-state index contributed by atoms with van der Waals surface area (Å²) < 4.78 is 0. The largest absolute Gasteiger partial charge is 0.507 e. The van der Waals surface area contributed by atoms with Crippen molar-refractivity contribution >= 4 is 16.6 Å². The lowest BCUT2D eigenvalue weighted by molar-refractivity contribution is 0.481. The quantitative estimate of drug-likeness (QED) is 0.574. The Bertz CT molecular complexity index is 426. The van der Waals surface area contributed by atoms with E-state index in [1.807, 2.05) is 0 Å². The van der Waals surface area contributed by atoms with E-state index in [-0.39, 0.29) is 5.75 Å². The highest BCUT2D eigenvalue weighted by Gasteiger charge is 1.98. The lowest BCUT2D eigenvalue weighted by atomic mass is 10.2. The molecule has 0 aliphatic heterocycles. The van der Waals surface area contributed by atoms with E-state index in [4.69, 9.17) is 5.73 Å². The van der Waals surface area contributed by atoms with Gasteiger partial charge in [-0.05, 0) is 24.3 Å². The number of hydrogen-bond acceptors (Lipinski definition) is 3. The summed E-state index contributed by atoms with van der Waals surface area (Å²) in [5.41, 5.74) is 6.94.